The fraction of sp³-hybridized carbons (Fsp3) is 0.364. The van der Waals surface area contributed by atoms with E-state index in [1.807, 2.05) is 6.92 Å². The number of rotatable bonds is 4. The molecule has 5 heteroatoms. The Bertz CT molecular complexity index is 396. The van der Waals surface area contributed by atoms with Gasteiger partial charge in [-0.05, 0) is 18.2 Å². The van der Waals surface area contributed by atoms with Crippen molar-refractivity contribution in [3.63, 3.8) is 0 Å². The molecule has 1 N–H and O–H groups in total. The lowest BCUT2D eigenvalue weighted by Gasteiger charge is -2.16. The number of carboxylic acid groups (broad SMARTS) is 1. The molecule has 0 aliphatic rings. The van der Waals surface area contributed by atoms with Crippen LogP contribution in [0.4, 0.5) is 0 Å². The van der Waals surface area contributed by atoms with E-state index in [9.17, 15) is 4.79 Å². The first kappa shape index (κ1) is 13.7. The average molecular weight is 279 g/mol. The topological polar surface area (TPSA) is 37.3 Å². The van der Waals surface area contributed by atoms with E-state index in [0.717, 1.165) is 4.90 Å². The largest absolute Gasteiger partial charge is 0.481 e. The number of carboxylic acids is 1. The van der Waals surface area contributed by atoms with Crippen molar-refractivity contribution < 1.29 is 9.90 Å². The fourth-order valence-corrected chi connectivity index (χ4v) is 2.66. The third kappa shape index (κ3) is 3.58. The van der Waals surface area contributed by atoms with Crippen molar-refractivity contribution in [2.75, 3.05) is 0 Å². The van der Waals surface area contributed by atoms with Gasteiger partial charge in [0.2, 0.25) is 0 Å². The van der Waals surface area contributed by atoms with Gasteiger partial charge in [0.1, 0.15) is 0 Å². The fourth-order valence-electron chi connectivity index (χ4n) is 1.07. The molecule has 16 heavy (non-hydrogen) atoms. The second-order valence-electron chi connectivity index (χ2n) is 3.52. The van der Waals surface area contributed by atoms with Crippen LogP contribution in [0.15, 0.2) is 23.1 Å². The van der Waals surface area contributed by atoms with Crippen LogP contribution in [0.5, 0.6) is 0 Å². The second-order valence-corrected chi connectivity index (χ2v) is 5.79. The molecule has 2 atom stereocenters. The standard InChI is InChI=1S/C11H12Cl2O2S/c1-6(11(14)15)7(2)16-10-5-8(12)3-4-9(10)13/h3-7H,1-2H3,(H,14,15). The summed E-state index contributed by atoms with van der Waals surface area (Å²) in [6, 6.07) is 5.17. The summed E-state index contributed by atoms with van der Waals surface area (Å²) < 4.78 is 0. The maximum absolute atomic E-state index is 10.8. The van der Waals surface area contributed by atoms with E-state index in [-0.39, 0.29) is 5.25 Å². The van der Waals surface area contributed by atoms with Gasteiger partial charge in [-0.25, -0.2) is 0 Å². The van der Waals surface area contributed by atoms with Gasteiger partial charge in [0.25, 0.3) is 0 Å². The molecule has 2 unspecified atom stereocenters. The number of carbonyl (C=O) groups is 1. The molecule has 0 fully saturated rings. The molecule has 0 aromatic heterocycles. The Kier molecular flexibility index (Phi) is 4.96. The molecule has 0 amide bonds. The molecule has 1 rings (SSSR count). The predicted molar refractivity (Wildman–Crippen MR) is 68.6 cm³/mol. The number of hydrogen-bond donors (Lipinski definition) is 1. The monoisotopic (exact) mass is 278 g/mol. The molecule has 0 heterocycles. The first-order valence-electron chi connectivity index (χ1n) is 4.76. The normalized spacial score (nSPS) is 14.5. The average Bonchev–Trinajstić information content (AvgIpc) is 2.22. The summed E-state index contributed by atoms with van der Waals surface area (Å²) in [6.45, 7) is 3.54. The van der Waals surface area contributed by atoms with Crippen molar-refractivity contribution >= 4 is 40.9 Å². The summed E-state index contributed by atoms with van der Waals surface area (Å²) in [5.41, 5.74) is 0. The zero-order valence-corrected chi connectivity index (χ0v) is 11.2. The summed E-state index contributed by atoms with van der Waals surface area (Å²) in [4.78, 5) is 11.6. The Balaban J connectivity index is 2.80. The second kappa shape index (κ2) is 5.80. The lowest BCUT2D eigenvalue weighted by Crippen LogP contribution is -2.19. The van der Waals surface area contributed by atoms with E-state index in [1.165, 1.54) is 11.8 Å². The Labute approximate surface area is 109 Å². The number of halogens is 2. The Hall–Kier alpha value is -0.380. The van der Waals surface area contributed by atoms with Crippen LogP contribution in [0.25, 0.3) is 0 Å². The summed E-state index contributed by atoms with van der Waals surface area (Å²) in [5.74, 6) is -1.24. The third-order valence-electron chi connectivity index (χ3n) is 2.30. The molecule has 0 saturated carbocycles. The van der Waals surface area contributed by atoms with Crippen LogP contribution in [-0.2, 0) is 4.79 Å². The molecule has 2 nitrogen and oxygen atoms in total. The van der Waals surface area contributed by atoms with E-state index in [1.54, 1.807) is 25.1 Å². The molecule has 0 radical (unpaired) electrons. The van der Waals surface area contributed by atoms with Crippen LogP contribution in [0, 0.1) is 5.92 Å². The van der Waals surface area contributed by atoms with Gasteiger partial charge in [-0.2, -0.15) is 0 Å². The SMILES string of the molecule is CC(Sc1cc(Cl)ccc1Cl)C(C)C(=O)O. The molecular weight excluding hydrogens is 267 g/mol. The van der Waals surface area contributed by atoms with Crippen LogP contribution in [0.2, 0.25) is 10.0 Å². The lowest BCUT2D eigenvalue weighted by atomic mass is 10.1. The first-order valence-corrected chi connectivity index (χ1v) is 6.40. The summed E-state index contributed by atoms with van der Waals surface area (Å²) >= 11 is 13.3. The quantitative estimate of drug-likeness (QED) is 0.839. The van der Waals surface area contributed by atoms with Crippen LogP contribution in [0.1, 0.15) is 13.8 Å². The van der Waals surface area contributed by atoms with E-state index < -0.39 is 11.9 Å². The van der Waals surface area contributed by atoms with Crippen molar-refractivity contribution in [1.82, 2.24) is 0 Å². The molecular formula is C11H12Cl2O2S. The molecule has 0 saturated heterocycles. The highest BCUT2D eigenvalue weighted by atomic mass is 35.5. The minimum atomic E-state index is -0.807. The minimum absolute atomic E-state index is 0.0616. The summed E-state index contributed by atoms with van der Waals surface area (Å²) in [7, 11) is 0. The highest BCUT2D eigenvalue weighted by Crippen LogP contribution is 2.34. The minimum Gasteiger partial charge on any atom is -0.481 e. The van der Waals surface area contributed by atoms with Gasteiger partial charge in [0, 0.05) is 15.2 Å². The number of hydrogen-bond acceptors (Lipinski definition) is 2. The molecule has 0 aliphatic carbocycles. The molecule has 1 aromatic carbocycles. The van der Waals surface area contributed by atoms with E-state index in [0.29, 0.717) is 10.0 Å². The molecule has 1 aromatic rings. The Morgan fingerprint density at radius 3 is 2.56 bits per heavy atom. The number of aliphatic carboxylic acids is 1. The van der Waals surface area contributed by atoms with Crippen LogP contribution in [-0.4, -0.2) is 16.3 Å². The number of benzene rings is 1. The zero-order valence-electron chi connectivity index (χ0n) is 8.91. The van der Waals surface area contributed by atoms with Crippen molar-refractivity contribution in [3.8, 4) is 0 Å². The zero-order chi connectivity index (χ0) is 12.3. The van der Waals surface area contributed by atoms with Gasteiger partial charge < -0.3 is 5.11 Å². The van der Waals surface area contributed by atoms with Gasteiger partial charge in [-0.1, -0.05) is 37.0 Å². The van der Waals surface area contributed by atoms with Gasteiger partial charge in [-0.3, -0.25) is 4.79 Å². The van der Waals surface area contributed by atoms with Crippen LogP contribution >= 0.6 is 35.0 Å². The van der Waals surface area contributed by atoms with Gasteiger partial charge in [0.15, 0.2) is 0 Å². The summed E-state index contributed by atoms with van der Waals surface area (Å²) in [6.07, 6.45) is 0. The van der Waals surface area contributed by atoms with E-state index in [4.69, 9.17) is 28.3 Å². The van der Waals surface area contributed by atoms with E-state index >= 15 is 0 Å². The molecule has 0 spiro atoms. The van der Waals surface area contributed by atoms with Gasteiger partial charge >= 0.3 is 5.97 Å². The first-order chi connectivity index (χ1) is 7.41. The van der Waals surface area contributed by atoms with Crippen molar-refractivity contribution in [1.29, 1.82) is 0 Å². The third-order valence-corrected chi connectivity index (χ3v) is 4.35. The Morgan fingerprint density at radius 2 is 2.00 bits per heavy atom. The maximum Gasteiger partial charge on any atom is 0.307 e. The predicted octanol–water partition coefficient (Wildman–Crippen LogP) is 4.19. The van der Waals surface area contributed by atoms with Gasteiger partial charge in [-0.15, -0.1) is 11.8 Å². The highest BCUT2D eigenvalue weighted by molar-refractivity contribution is 8.00. The van der Waals surface area contributed by atoms with Crippen LogP contribution < -0.4 is 0 Å². The van der Waals surface area contributed by atoms with Gasteiger partial charge in [0.05, 0.1) is 10.9 Å². The van der Waals surface area contributed by atoms with Crippen LogP contribution in [0.3, 0.4) is 0 Å². The smallest absolute Gasteiger partial charge is 0.307 e. The van der Waals surface area contributed by atoms with Crippen molar-refractivity contribution in [2.45, 2.75) is 24.0 Å². The number of thioether (sulfide) groups is 1. The molecule has 0 aliphatic heterocycles. The van der Waals surface area contributed by atoms with E-state index in [2.05, 4.69) is 0 Å². The molecule has 88 valence electrons. The lowest BCUT2D eigenvalue weighted by molar-refractivity contribution is -0.140. The summed E-state index contributed by atoms with van der Waals surface area (Å²) in [5, 5.41) is 10.0. The van der Waals surface area contributed by atoms with Crippen molar-refractivity contribution in [2.24, 2.45) is 5.92 Å². The Morgan fingerprint density at radius 1 is 1.38 bits per heavy atom. The maximum atomic E-state index is 10.8. The molecule has 0 bridgehead atoms. The van der Waals surface area contributed by atoms with Crippen molar-refractivity contribution in [3.05, 3.63) is 28.2 Å². The highest BCUT2D eigenvalue weighted by Gasteiger charge is 2.21.